The standard InChI is InChI=1S/C14H16N2/c1-3-11-5-4-6-12(7-11)13-8-14(15)10(2)16-9-13/h4-9H,3,15H2,1-2H3. The summed E-state index contributed by atoms with van der Waals surface area (Å²) in [4.78, 5) is 4.29. The lowest BCUT2D eigenvalue weighted by Gasteiger charge is -2.06. The Morgan fingerprint density at radius 3 is 2.69 bits per heavy atom. The quantitative estimate of drug-likeness (QED) is 0.830. The number of anilines is 1. The van der Waals surface area contributed by atoms with Gasteiger partial charge in [-0.3, -0.25) is 4.98 Å². The number of nitrogens with zero attached hydrogens (tertiary/aromatic N) is 1. The molecule has 0 amide bonds. The van der Waals surface area contributed by atoms with Crippen molar-refractivity contribution in [1.82, 2.24) is 4.98 Å². The molecule has 0 aliphatic carbocycles. The number of rotatable bonds is 2. The molecule has 0 saturated heterocycles. The summed E-state index contributed by atoms with van der Waals surface area (Å²) < 4.78 is 0. The predicted molar refractivity (Wildman–Crippen MR) is 68.2 cm³/mol. The van der Waals surface area contributed by atoms with Gasteiger partial charge in [-0.2, -0.15) is 0 Å². The Labute approximate surface area is 96.1 Å². The summed E-state index contributed by atoms with van der Waals surface area (Å²) in [5.74, 6) is 0. The molecule has 0 unspecified atom stereocenters. The highest BCUT2D eigenvalue weighted by Crippen LogP contribution is 2.22. The van der Waals surface area contributed by atoms with Crippen LogP contribution in [0.1, 0.15) is 18.2 Å². The number of pyridine rings is 1. The smallest absolute Gasteiger partial charge is 0.0602 e. The van der Waals surface area contributed by atoms with Crippen molar-refractivity contribution in [3.05, 3.63) is 47.8 Å². The third-order valence-electron chi connectivity index (χ3n) is 2.79. The minimum absolute atomic E-state index is 0.749. The second kappa shape index (κ2) is 4.35. The highest BCUT2D eigenvalue weighted by Gasteiger charge is 2.01. The lowest BCUT2D eigenvalue weighted by molar-refractivity contribution is 1.14. The predicted octanol–water partition coefficient (Wildman–Crippen LogP) is 3.20. The van der Waals surface area contributed by atoms with Gasteiger partial charge in [0.15, 0.2) is 0 Å². The van der Waals surface area contributed by atoms with E-state index in [0.717, 1.165) is 23.4 Å². The van der Waals surface area contributed by atoms with Crippen LogP contribution in [0, 0.1) is 6.92 Å². The highest BCUT2D eigenvalue weighted by atomic mass is 14.7. The van der Waals surface area contributed by atoms with Crippen LogP contribution in [0.5, 0.6) is 0 Å². The first-order valence-corrected chi connectivity index (χ1v) is 5.52. The van der Waals surface area contributed by atoms with Crippen LogP contribution >= 0.6 is 0 Å². The minimum atomic E-state index is 0.749. The Bertz CT molecular complexity index is 504. The number of benzene rings is 1. The number of nitrogen functional groups attached to an aromatic ring is 1. The summed E-state index contributed by atoms with van der Waals surface area (Å²) in [6.07, 6.45) is 2.92. The van der Waals surface area contributed by atoms with Crippen LogP contribution in [0.4, 0.5) is 5.69 Å². The lowest BCUT2D eigenvalue weighted by atomic mass is 10.0. The van der Waals surface area contributed by atoms with Crippen molar-refractivity contribution in [2.45, 2.75) is 20.3 Å². The molecule has 1 aromatic carbocycles. The lowest BCUT2D eigenvalue weighted by Crippen LogP contribution is -1.93. The summed E-state index contributed by atoms with van der Waals surface area (Å²) in [6.45, 7) is 4.07. The fourth-order valence-corrected chi connectivity index (χ4v) is 1.68. The van der Waals surface area contributed by atoms with Gasteiger partial charge in [0.2, 0.25) is 0 Å². The zero-order chi connectivity index (χ0) is 11.5. The van der Waals surface area contributed by atoms with Gasteiger partial charge in [0.1, 0.15) is 0 Å². The van der Waals surface area contributed by atoms with Crippen molar-refractivity contribution in [2.24, 2.45) is 0 Å². The average Bonchev–Trinajstić information content (AvgIpc) is 2.33. The van der Waals surface area contributed by atoms with Crippen molar-refractivity contribution < 1.29 is 0 Å². The van der Waals surface area contributed by atoms with Crippen molar-refractivity contribution in [1.29, 1.82) is 0 Å². The molecule has 0 radical (unpaired) electrons. The van der Waals surface area contributed by atoms with Crippen molar-refractivity contribution in [2.75, 3.05) is 5.73 Å². The summed E-state index contributed by atoms with van der Waals surface area (Å²) in [7, 11) is 0. The van der Waals surface area contributed by atoms with Gasteiger partial charge in [-0.25, -0.2) is 0 Å². The van der Waals surface area contributed by atoms with Gasteiger partial charge in [0, 0.05) is 11.8 Å². The molecule has 16 heavy (non-hydrogen) atoms. The van der Waals surface area contributed by atoms with E-state index in [1.807, 2.05) is 19.2 Å². The van der Waals surface area contributed by atoms with Gasteiger partial charge in [0.05, 0.1) is 11.4 Å². The van der Waals surface area contributed by atoms with Crippen molar-refractivity contribution >= 4 is 5.69 Å². The molecule has 0 saturated carbocycles. The molecule has 1 aromatic heterocycles. The normalized spacial score (nSPS) is 10.4. The maximum atomic E-state index is 5.87. The van der Waals surface area contributed by atoms with Gasteiger partial charge >= 0.3 is 0 Å². The minimum Gasteiger partial charge on any atom is -0.397 e. The van der Waals surface area contributed by atoms with Crippen LogP contribution in [0.15, 0.2) is 36.5 Å². The highest BCUT2D eigenvalue weighted by molar-refractivity contribution is 5.67. The third kappa shape index (κ3) is 2.06. The maximum absolute atomic E-state index is 5.87. The second-order valence-electron chi connectivity index (χ2n) is 3.95. The second-order valence-corrected chi connectivity index (χ2v) is 3.95. The fourth-order valence-electron chi connectivity index (χ4n) is 1.68. The van der Waals surface area contributed by atoms with E-state index in [9.17, 15) is 0 Å². The van der Waals surface area contributed by atoms with Crippen LogP contribution in [0.25, 0.3) is 11.1 Å². The Hall–Kier alpha value is -1.83. The molecule has 1 heterocycles. The molecule has 2 rings (SSSR count). The van der Waals surface area contributed by atoms with E-state index in [-0.39, 0.29) is 0 Å². The van der Waals surface area contributed by atoms with Gasteiger partial charge in [0.25, 0.3) is 0 Å². The number of hydrogen-bond donors (Lipinski definition) is 1. The van der Waals surface area contributed by atoms with Crippen molar-refractivity contribution in [3.63, 3.8) is 0 Å². The van der Waals surface area contributed by atoms with E-state index in [0.29, 0.717) is 0 Å². The molecular formula is C14H16N2. The Morgan fingerprint density at radius 2 is 2.00 bits per heavy atom. The van der Waals surface area contributed by atoms with Crippen LogP contribution in [0.2, 0.25) is 0 Å². The van der Waals surface area contributed by atoms with E-state index >= 15 is 0 Å². The van der Waals surface area contributed by atoms with E-state index in [1.165, 1.54) is 11.1 Å². The maximum Gasteiger partial charge on any atom is 0.0602 e. The summed E-state index contributed by atoms with van der Waals surface area (Å²) in [5, 5.41) is 0. The zero-order valence-corrected chi connectivity index (χ0v) is 9.70. The zero-order valence-electron chi connectivity index (χ0n) is 9.70. The molecular weight excluding hydrogens is 196 g/mol. The van der Waals surface area contributed by atoms with E-state index in [2.05, 4.69) is 36.2 Å². The number of aryl methyl sites for hydroxylation is 2. The first kappa shape index (κ1) is 10.7. The Balaban J connectivity index is 2.46. The average molecular weight is 212 g/mol. The third-order valence-corrected chi connectivity index (χ3v) is 2.79. The Morgan fingerprint density at radius 1 is 1.19 bits per heavy atom. The Kier molecular flexibility index (Phi) is 2.91. The van der Waals surface area contributed by atoms with Crippen LogP contribution in [-0.2, 0) is 6.42 Å². The molecule has 2 nitrogen and oxygen atoms in total. The first-order chi connectivity index (χ1) is 7.70. The number of aromatic nitrogens is 1. The van der Waals surface area contributed by atoms with Crippen LogP contribution < -0.4 is 5.73 Å². The first-order valence-electron chi connectivity index (χ1n) is 5.52. The summed E-state index contributed by atoms with van der Waals surface area (Å²) >= 11 is 0. The molecule has 2 N–H and O–H groups in total. The largest absolute Gasteiger partial charge is 0.397 e. The molecule has 0 aliphatic heterocycles. The van der Waals surface area contributed by atoms with Gasteiger partial charge in [-0.05, 0) is 30.5 Å². The summed E-state index contributed by atoms with van der Waals surface area (Å²) in [5.41, 5.74) is 11.1. The molecule has 2 aromatic rings. The van der Waals surface area contributed by atoms with E-state index < -0.39 is 0 Å². The molecule has 0 atom stereocenters. The van der Waals surface area contributed by atoms with E-state index in [4.69, 9.17) is 5.73 Å². The molecule has 0 fully saturated rings. The van der Waals surface area contributed by atoms with Crippen LogP contribution in [-0.4, -0.2) is 4.98 Å². The number of nitrogens with two attached hydrogens (primary N) is 1. The van der Waals surface area contributed by atoms with Crippen LogP contribution in [0.3, 0.4) is 0 Å². The van der Waals surface area contributed by atoms with Gasteiger partial charge in [-0.15, -0.1) is 0 Å². The topological polar surface area (TPSA) is 38.9 Å². The van der Waals surface area contributed by atoms with Crippen molar-refractivity contribution in [3.8, 4) is 11.1 Å². The molecule has 0 spiro atoms. The van der Waals surface area contributed by atoms with Gasteiger partial charge in [-0.1, -0.05) is 31.2 Å². The SMILES string of the molecule is CCc1cccc(-c2cnc(C)c(N)c2)c1. The fraction of sp³-hybridized carbons (Fsp3) is 0.214. The molecule has 82 valence electrons. The van der Waals surface area contributed by atoms with Gasteiger partial charge < -0.3 is 5.73 Å². The molecule has 0 bridgehead atoms. The molecule has 2 heteroatoms. The summed E-state index contributed by atoms with van der Waals surface area (Å²) in [6, 6.07) is 10.5. The monoisotopic (exact) mass is 212 g/mol. The van der Waals surface area contributed by atoms with E-state index in [1.54, 1.807) is 0 Å². The number of hydrogen-bond acceptors (Lipinski definition) is 2. The molecule has 0 aliphatic rings.